The zero-order chi connectivity index (χ0) is 13.2. The summed E-state index contributed by atoms with van der Waals surface area (Å²) in [5.74, 6) is 0.238. The number of benzene rings is 2. The SMILES string of the molecule is O=C1C[C@@H](c2cccc(O)c2)Sc2ccccc2N1. The first-order valence-electron chi connectivity index (χ1n) is 6.07. The maximum absolute atomic E-state index is 11.9. The minimum Gasteiger partial charge on any atom is -0.508 e. The van der Waals surface area contributed by atoms with Gasteiger partial charge < -0.3 is 10.4 Å². The summed E-state index contributed by atoms with van der Waals surface area (Å²) in [5.41, 5.74) is 1.83. The van der Waals surface area contributed by atoms with Gasteiger partial charge in [-0.3, -0.25) is 4.79 Å². The topological polar surface area (TPSA) is 49.3 Å². The number of nitrogens with one attached hydrogen (secondary N) is 1. The van der Waals surface area contributed by atoms with Crippen molar-refractivity contribution in [3.05, 3.63) is 54.1 Å². The average molecular weight is 271 g/mol. The smallest absolute Gasteiger partial charge is 0.225 e. The van der Waals surface area contributed by atoms with Crippen LogP contribution in [-0.4, -0.2) is 11.0 Å². The fourth-order valence-corrected chi connectivity index (χ4v) is 3.38. The Bertz CT molecular complexity index is 627. The number of hydrogen-bond acceptors (Lipinski definition) is 3. The minimum absolute atomic E-state index is 0.00536. The molecule has 0 saturated heterocycles. The highest BCUT2D eigenvalue weighted by Crippen LogP contribution is 2.43. The summed E-state index contributed by atoms with van der Waals surface area (Å²) in [6.45, 7) is 0. The maximum atomic E-state index is 11.9. The highest BCUT2D eigenvalue weighted by molar-refractivity contribution is 7.99. The average Bonchev–Trinajstić information content (AvgIpc) is 2.56. The summed E-state index contributed by atoms with van der Waals surface area (Å²) in [6.07, 6.45) is 0.406. The number of thioether (sulfide) groups is 1. The Morgan fingerprint density at radius 2 is 2.00 bits per heavy atom. The molecule has 3 nitrogen and oxygen atoms in total. The zero-order valence-corrected chi connectivity index (χ0v) is 11.0. The van der Waals surface area contributed by atoms with Gasteiger partial charge in [0.1, 0.15) is 5.75 Å². The van der Waals surface area contributed by atoms with Crippen molar-refractivity contribution in [3.63, 3.8) is 0 Å². The van der Waals surface area contributed by atoms with Crippen molar-refractivity contribution in [2.24, 2.45) is 0 Å². The van der Waals surface area contributed by atoms with Crippen molar-refractivity contribution in [1.82, 2.24) is 0 Å². The van der Waals surface area contributed by atoms with Gasteiger partial charge in [0, 0.05) is 16.6 Å². The minimum atomic E-state index is 0.00536. The Kier molecular flexibility index (Phi) is 3.17. The van der Waals surface area contributed by atoms with E-state index >= 15 is 0 Å². The van der Waals surface area contributed by atoms with Gasteiger partial charge in [0.2, 0.25) is 5.91 Å². The van der Waals surface area contributed by atoms with E-state index in [0.717, 1.165) is 16.1 Å². The second-order valence-electron chi connectivity index (χ2n) is 4.45. The van der Waals surface area contributed by atoms with Crippen LogP contribution >= 0.6 is 11.8 Å². The molecule has 2 N–H and O–H groups in total. The van der Waals surface area contributed by atoms with E-state index in [4.69, 9.17) is 0 Å². The largest absolute Gasteiger partial charge is 0.508 e. The molecule has 1 heterocycles. The lowest BCUT2D eigenvalue weighted by Gasteiger charge is -2.13. The first-order valence-corrected chi connectivity index (χ1v) is 6.95. The van der Waals surface area contributed by atoms with Crippen molar-refractivity contribution in [1.29, 1.82) is 0 Å². The van der Waals surface area contributed by atoms with E-state index in [1.165, 1.54) is 0 Å². The normalized spacial score (nSPS) is 18.3. The fraction of sp³-hybridized carbons (Fsp3) is 0.133. The molecular weight excluding hydrogens is 258 g/mol. The van der Waals surface area contributed by atoms with Crippen LogP contribution in [0.3, 0.4) is 0 Å². The van der Waals surface area contributed by atoms with Gasteiger partial charge in [-0.1, -0.05) is 24.3 Å². The Hall–Kier alpha value is -1.94. The molecule has 2 aromatic rings. The Labute approximate surface area is 115 Å². The highest BCUT2D eigenvalue weighted by Gasteiger charge is 2.23. The molecule has 1 aliphatic heterocycles. The van der Waals surface area contributed by atoms with Gasteiger partial charge in [0.15, 0.2) is 0 Å². The van der Waals surface area contributed by atoms with Crippen LogP contribution in [0.25, 0.3) is 0 Å². The highest BCUT2D eigenvalue weighted by atomic mass is 32.2. The van der Waals surface area contributed by atoms with E-state index in [1.54, 1.807) is 30.0 Å². The van der Waals surface area contributed by atoms with Crippen LogP contribution in [0, 0.1) is 0 Å². The first-order chi connectivity index (χ1) is 9.22. The number of phenolic OH excluding ortho intramolecular Hbond substituents is 1. The number of rotatable bonds is 1. The predicted molar refractivity (Wildman–Crippen MR) is 76.4 cm³/mol. The lowest BCUT2D eigenvalue weighted by atomic mass is 10.1. The molecule has 0 fully saturated rings. The molecule has 1 atom stereocenters. The van der Waals surface area contributed by atoms with E-state index < -0.39 is 0 Å². The maximum Gasteiger partial charge on any atom is 0.225 e. The van der Waals surface area contributed by atoms with Crippen LogP contribution in [0.2, 0.25) is 0 Å². The van der Waals surface area contributed by atoms with Gasteiger partial charge in [-0.2, -0.15) is 0 Å². The lowest BCUT2D eigenvalue weighted by Crippen LogP contribution is -2.11. The molecule has 1 aliphatic rings. The van der Waals surface area contributed by atoms with Gasteiger partial charge in [-0.05, 0) is 29.8 Å². The Balaban J connectivity index is 1.98. The van der Waals surface area contributed by atoms with Gasteiger partial charge in [0.05, 0.1) is 5.69 Å². The number of fused-ring (bicyclic) bond motifs is 1. The second kappa shape index (κ2) is 4.97. The molecule has 4 heteroatoms. The fourth-order valence-electron chi connectivity index (χ4n) is 2.15. The van der Waals surface area contributed by atoms with E-state index in [2.05, 4.69) is 5.32 Å². The van der Waals surface area contributed by atoms with Gasteiger partial charge >= 0.3 is 0 Å². The quantitative estimate of drug-likeness (QED) is 0.833. The number of amides is 1. The van der Waals surface area contributed by atoms with Crippen LogP contribution < -0.4 is 5.32 Å². The molecule has 19 heavy (non-hydrogen) atoms. The molecule has 0 aliphatic carbocycles. The second-order valence-corrected chi connectivity index (χ2v) is 5.69. The molecule has 3 rings (SSSR count). The standard InChI is InChI=1S/C15H13NO2S/c17-11-5-3-4-10(8-11)14-9-15(18)16-12-6-1-2-7-13(12)19-14/h1-8,14,17H,9H2,(H,16,18)/t14-/m0/s1. The van der Waals surface area contributed by atoms with Gasteiger partial charge in [-0.25, -0.2) is 0 Å². The predicted octanol–water partition coefficient (Wildman–Crippen LogP) is 3.57. The number of phenols is 1. The van der Waals surface area contributed by atoms with Crippen LogP contribution in [0.1, 0.15) is 17.2 Å². The van der Waals surface area contributed by atoms with E-state index in [9.17, 15) is 9.90 Å². The molecule has 1 amide bonds. The molecule has 0 spiro atoms. The van der Waals surface area contributed by atoms with Crippen molar-refractivity contribution in [3.8, 4) is 5.75 Å². The third kappa shape index (κ3) is 2.58. The molecule has 0 radical (unpaired) electrons. The number of hydrogen-bond donors (Lipinski definition) is 2. The monoisotopic (exact) mass is 271 g/mol. The molecule has 0 unspecified atom stereocenters. The third-order valence-electron chi connectivity index (χ3n) is 3.04. The van der Waals surface area contributed by atoms with E-state index in [1.807, 2.05) is 30.3 Å². The van der Waals surface area contributed by atoms with Crippen molar-refractivity contribution in [2.75, 3.05) is 5.32 Å². The number of para-hydroxylation sites is 1. The molecular formula is C15H13NO2S. The number of anilines is 1. The summed E-state index contributed by atoms with van der Waals surface area (Å²) in [5, 5.41) is 12.5. The molecule has 96 valence electrons. The number of carbonyl (C=O) groups excluding carboxylic acids is 1. The number of aromatic hydroxyl groups is 1. The molecule has 2 aromatic carbocycles. The van der Waals surface area contributed by atoms with Crippen molar-refractivity contribution < 1.29 is 9.90 Å². The van der Waals surface area contributed by atoms with E-state index in [-0.39, 0.29) is 16.9 Å². The number of carbonyl (C=O) groups is 1. The van der Waals surface area contributed by atoms with E-state index in [0.29, 0.717) is 6.42 Å². The summed E-state index contributed by atoms with van der Waals surface area (Å²) in [4.78, 5) is 13.0. The molecule has 0 saturated carbocycles. The van der Waals surface area contributed by atoms with Crippen molar-refractivity contribution in [2.45, 2.75) is 16.6 Å². The van der Waals surface area contributed by atoms with Crippen molar-refractivity contribution >= 4 is 23.4 Å². The van der Waals surface area contributed by atoms with Crippen LogP contribution in [0.15, 0.2) is 53.4 Å². The molecule has 0 aromatic heterocycles. The van der Waals surface area contributed by atoms with Gasteiger partial charge in [-0.15, -0.1) is 11.8 Å². The summed E-state index contributed by atoms with van der Waals surface area (Å²) >= 11 is 1.65. The summed E-state index contributed by atoms with van der Waals surface area (Å²) in [6, 6.07) is 14.9. The Morgan fingerprint density at radius 3 is 2.84 bits per heavy atom. The van der Waals surface area contributed by atoms with Crippen LogP contribution in [0.4, 0.5) is 5.69 Å². The summed E-state index contributed by atoms with van der Waals surface area (Å²) < 4.78 is 0. The lowest BCUT2D eigenvalue weighted by molar-refractivity contribution is -0.116. The summed E-state index contributed by atoms with van der Waals surface area (Å²) in [7, 11) is 0. The molecule has 0 bridgehead atoms. The first kappa shape index (κ1) is 12.1. The van der Waals surface area contributed by atoms with Gasteiger partial charge in [0.25, 0.3) is 0 Å². The zero-order valence-electron chi connectivity index (χ0n) is 10.2. The third-order valence-corrected chi connectivity index (χ3v) is 4.38. The van der Waals surface area contributed by atoms with Crippen LogP contribution in [-0.2, 0) is 4.79 Å². The Morgan fingerprint density at radius 1 is 1.16 bits per heavy atom. The van der Waals surface area contributed by atoms with Crippen LogP contribution in [0.5, 0.6) is 5.75 Å².